The maximum Gasteiger partial charge on any atom is 0.262 e. The molecule has 1 aromatic heterocycles. The number of rotatable bonds is 4. The zero-order valence-corrected chi connectivity index (χ0v) is 13.8. The van der Waals surface area contributed by atoms with E-state index in [2.05, 4.69) is 32.9 Å². The Kier molecular flexibility index (Phi) is 4.53. The summed E-state index contributed by atoms with van der Waals surface area (Å²) in [6.07, 6.45) is 1.71. The summed E-state index contributed by atoms with van der Waals surface area (Å²) in [5.74, 6) is 0.407. The topological polar surface area (TPSA) is 51.2 Å². The second kappa shape index (κ2) is 6.74. The molecule has 3 aromatic rings. The van der Waals surface area contributed by atoms with Crippen LogP contribution in [0, 0.1) is 3.57 Å². The van der Waals surface area contributed by atoms with Crippen molar-refractivity contribution in [3.05, 3.63) is 64.4 Å². The van der Waals surface area contributed by atoms with Crippen LogP contribution in [-0.2, 0) is 4.79 Å². The van der Waals surface area contributed by atoms with Crippen LogP contribution < -0.4 is 10.1 Å². The predicted molar refractivity (Wildman–Crippen MR) is 95.0 cm³/mol. The second-order valence-corrected chi connectivity index (χ2v) is 5.92. The van der Waals surface area contributed by atoms with Gasteiger partial charge in [-0.1, -0.05) is 18.2 Å². The van der Waals surface area contributed by atoms with E-state index in [1.54, 1.807) is 6.20 Å². The maximum absolute atomic E-state index is 11.9. The number of nitrogens with one attached hydrogen (secondary N) is 1. The maximum atomic E-state index is 11.9. The average Bonchev–Trinajstić information content (AvgIpc) is 2.55. The highest BCUT2D eigenvalue weighted by Crippen LogP contribution is 2.22. The molecule has 0 aliphatic carbocycles. The summed E-state index contributed by atoms with van der Waals surface area (Å²) in [4.78, 5) is 16.2. The van der Waals surface area contributed by atoms with Crippen molar-refractivity contribution in [1.29, 1.82) is 0 Å². The molecule has 0 aliphatic rings. The van der Waals surface area contributed by atoms with E-state index in [1.807, 2.05) is 54.6 Å². The summed E-state index contributed by atoms with van der Waals surface area (Å²) < 4.78 is 6.72. The molecule has 5 heteroatoms. The molecule has 2 aromatic carbocycles. The van der Waals surface area contributed by atoms with Gasteiger partial charge in [-0.05, 0) is 59.0 Å². The van der Waals surface area contributed by atoms with Crippen molar-refractivity contribution < 1.29 is 9.53 Å². The van der Waals surface area contributed by atoms with Gasteiger partial charge in [0.25, 0.3) is 5.91 Å². The van der Waals surface area contributed by atoms with Crippen molar-refractivity contribution in [1.82, 2.24) is 4.98 Å². The number of amides is 1. The Morgan fingerprint density at radius 2 is 1.86 bits per heavy atom. The van der Waals surface area contributed by atoms with Crippen LogP contribution >= 0.6 is 22.6 Å². The van der Waals surface area contributed by atoms with E-state index in [1.165, 1.54) is 0 Å². The summed E-state index contributed by atoms with van der Waals surface area (Å²) in [6.45, 7) is -0.0539. The number of ether oxygens (including phenoxy) is 1. The molecule has 3 rings (SSSR count). The smallest absolute Gasteiger partial charge is 0.262 e. The molecule has 22 heavy (non-hydrogen) atoms. The van der Waals surface area contributed by atoms with Gasteiger partial charge in [0.15, 0.2) is 6.61 Å². The number of fused-ring (bicyclic) bond motifs is 1. The van der Waals surface area contributed by atoms with Crippen molar-refractivity contribution in [2.75, 3.05) is 11.9 Å². The molecular weight excluding hydrogens is 391 g/mol. The predicted octanol–water partition coefficient (Wildman–Crippen LogP) is 3.86. The lowest BCUT2D eigenvalue weighted by atomic mass is 10.2. The molecule has 0 bridgehead atoms. The third-order valence-corrected chi connectivity index (χ3v) is 3.80. The van der Waals surface area contributed by atoms with Crippen molar-refractivity contribution in [3.8, 4) is 5.75 Å². The molecule has 0 aliphatic heterocycles. The van der Waals surface area contributed by atoms with Gasteiger partial charge in [0.05, 0.1) is 0 Å². The number of aromatic nitrogens is 1. The summed E-state index contributed by atoms with van der Waals surface area (Å²) in [6, 6.07) is 17.1. The van der Waals surface area contributed by atoms with Gasteiger partial charge in [-0.3, -0.25) is 9.78 Å². The molecule has 1 N–H and O–H groups in total. The van der Waals surface area contributed by atoms with Gasteiger partial charge >= 0.3 is 0 Å². The number of benzene rings is 2. The summed E-state index contributed by atoms with van der Waals surface area (Å²) >= 11 is 2.22. The number of halogens is 1. The standard InChI is InChI=1S/C17H13IN2O2/c18-13-6-8-14(9-7-13)20-16(21)11-22-15-5-1-3-12-4-2-10-19-17(12)15/h1-10H,11H2,(H,20,21). The number of hydrogen-bond acceptors (Lipinski definition) is 3. The van der Waals surface area contributed by atoms with Gasteiger partial charge in [0.2, 0.25) is 0 Å². The van der Waals surface area contributed by atoms with Crippen LogP contribution in [0.1, 0.15) is 0 Å². The lowest BCUT2D eigenvalue weighted by molar-refractivity contribution is -0.118. The molecule has 1 amide bonds. The van der Waals surface area contributed by atoms with E-state index in [-0.39, 0.29) is 12.5 Å². The van der Waals surface area contributed by atoms with Gasteiger partial charge in [0.1, 0.15) is 11.3 Å². The molecule has 0 spiro atoms. The SMILES string of the molecule is O=C(COc1cccc2cccnc12)Nc1ccc(I)cc1. The summed E-state index contributed by atoms with van der Waals surface area (Å²) in [5, 5.41) is 3.78. The normalized spacial score (nSPS) is 10.4. The first-order valence-corrected chi connectivity index (χ1v) is 7.82. The average molecular weight is 404 g/mol. The fourth-order valence-corrected chi connectivity index (χ4v) is 2.43. The molecule has 0 radical (unpaired) electrons. The van der Waals surface area contributed by atoms with Crippen LogP contribution in [0.4, 0.5) is 5.69 Å². The number of pyridine rings is 1. The molecule has 1 heterocycles. The number of carbonyl (C=O) groups excluding carboxylic acids is 1. The highest BCUT2D eigenvalue weighted by atomic mass is 127. The molecule has 0 atom stereocenters. The largest absolute Gasteiger partial charge is 0.481 e. The second-order valence-electron chi connectivity index (χ2n) is 4.68. The van der Waals surface area contributed by atoms with Crippen LogP contribution in [0.25, 0.3) is 10.9 Å². The third-order valence-electron chi connectivity index (χ3n) is 3.08. The molecule has 4 nitrogen and oxygen atoms in total. The van der Waals surface area contributed by atoms with Gasteiger partial charge in [-0.15, -0.1) is 0 Å². The Balaban J connectivity index is 1.66. The Hall–Kier alpha value is -2.15. The van der Waals surface area contributed by atoms with Gasteiger partial charge in [0, 0.05) is 20.8 Å². The fourth-order valence-electron chi connectivity index (χ4n) is 2.07. The molecule has 0 saturated carbocycles. The van der Waals surface area contributed by atoms with E-state index < -0.39 is 0 Å². The number of anilines is 1. The Labute approximate surface area is 141 Å². The first-order valence-electron chi connectivity index (χ1n) is 6.74. The Morgan fingerprint density at radius 1 is 1.09 bits per heavy atom. The van der Waals surface area contributed by atoms with Crippen LogP contribution in [-0.4, -0.2) is 17.5 Å². The zero-order valence-electron chi connectivity index (χ0n) is 11.6. The number of carbonyl (C=O) groups is 1. The van der Waals surface area contributed by atoms with Crippen molar-refractivity contribution in [2.45, 2.75) is 0 Å². The lowest BCUT2D eigenvalue weighted by Gasteiger charge is -2.09. The number of hydrogen-bond donors (Lipinski definition) is 1. The molecular formula is C17H13IN2O2. The van der Waals surface area contributed by atoms with Crippen LogP contribution in [0.15, 0.2) is 60.8 Å². The quantitative estimate of drug-likeness (QED) is 0.673. The monoisotopic (exact) mass is 404 g/mol. The van der Waals surface area contributed by atoms with E-state index >= 15 is 0 Å². The summed E-state index contributed by atoms with van der Waals surface area (Å²) in [5.41, 5.74) is 1.51. The number of nitrogens with zero attached hydrogens (tertiary/aromatic N) is 1. The third kappa shape index (κ3) is 3.54. The van der Waals surface area contributed by atoms with Gasteiger partial charge in [-0.25, -0.2) is 0 Å². The highest BCUT2D eigenvalue weighted by Gasteiger charge is 2.07. The van der Waals surface area contributed by atoms with Crippen molar-refractivity contribution in [3.63, 3.8) is 0 Å². The first-order chi connectivity index (χ1) is 10.7. The van der Waals surface area contributed by atoms with E-state index in [0.29, 0.717) is 5.75 Å². The van der Waals surface area contributed by atoms with Crippen LogP contribution in [0.3, 0.4) is 0 Å². The molecule has 0 saturated heterocycles. The first kappa shape index (κ1) is 14.8. The van der Waals surface area contributed by atoms with Crippen molar-refractivity contribution in [2.24, 2.45) is 0 Å². The van der Waals surface area contributed by atoms with Gasteiger partial charge < -0.3 is 10.1 Å². The van der Waals surface area contributed by atoms with E-state index in [9.17, 15) is 4.79 Å². The Morgan fingerprint density at radius 3 is 2.68 bits per heavy atom. The zero-order chi connectivity index (χ0) is 15.4. The lowest BCUT2D eigenvalue weighted by Crippen LogP contribution is -2.20. The van der Waals surface area contributed by atoms with E-state index in [4.69, 9.17) is 4.74 Å². The van der Waals surface area contributed by atoms with E-state index in [0.717, 1.165) is 20.2 Å². The van der Waals surface area contributed by atoms with Crippen LogP contribution in [0.5, 0.6) is 5.75 Å². The highest BCUT2D eigenvalue weighted by molar-refractivity contribution is 14.1. The summed E-state index contributed by atoms with van der Waals surface area (Å²) in [7, 11) is 0. The molecule has 0 fully saturated rings. The minimum Gasteiger partial charge on any atom is -0.481 e. The van der Waals surface area contributed by atoms with Gasteiger partial charge in [-0.2, -0.15) is 0 Å². The minimum absolute atomic E-state index is 0.0539. The Bertz CT molecular complexity index is 798. The fraction of sp³-hybridized carbons (Fsp3) is 0.0588. The molecule has 110 valence electrons. The van der Waals surface area contributed by atoms with Crippen LogP contribution in [0.2, 0.25) is 0 Å². The molecule has 0 unspecified atom stereocenters. The minimum atomic E-state index is -0.200. The number of para-hydroxylation sites is 1. The van der Waals surface area contributed by atoms with Crippen molar-refractivity contribution >= 4 is 45.1 Å².